The van der Waals surface area contributed by atoms with Crippen LogP contribution >= 0.6 is 0 Å². The van der Waals surface area contributed by atoms with Gasteiger partial charge in [0.15, 0.2) is 5.84 Å². The molecule has 1 rings (SSSR count). The largest absolute Gasteiger partial charge is 0.409 e. The van der Waals surface area contributed by atoms with Gasteiger partial charge in [0.2, 0.25) is 5.91 Å². The molecule has 16 heavy (non-hydrogen) atoms. The lowest BCUT2D eigenvalue weighted by Crippen LogP contribution is -2.43. The minimum atomic E-state index is -0.539. The van der Waals surface area contributed by atoms with E-state index in [0.29, 0.717) is 5.92 Å². The Balaban J connectivity index is 2.55. The van der Waals surface area contributed by atoms with Crippen molar-refractivity contribution in [2.75, 3.05) is 0 Å². The summed E-state index contributed by atoms with van der Waals surface area (Å²) in [5.74, 6) is -0.0608. The molecule has 0 bridgehead atoms. The van der Waals surface area contributed by atoms with Gasteiger partial charge in [-0.25, -0.2) is 0 Å². The molecule has 0 aromatic heterocycles. The van der Waals surface area contributed by atoms with E-state index in [0.717, 1.165) is 12.8 Å². The number of rotatable bonds is 5. The highest BCUT2D eigenvalue weighted by Gasteiger charge is 2.39. The molecule has 3 unspecified atom stereocenters. The molecule has 0 aromatic rings. The Labute approximate surface area is 96.1 Å². The number of nitrogens with zero attached hydrogens (tertiary/aromatic N) is 1. The van der Waals surface area contributed by atoms with Crippen molar-refractivity contribution in [1.82, 2.24) is 5.32 Å². The van der Waals surface area contributed by atoms with Gasteiger partial charge in [0.25, 0.3) is 0 Å². The maximum atomic E-state index is 11.9. The Morgan fingerprint density at radius 3 is 2.62 bits per heavy atom. The molecule has 1 fully saturated rings. The molecular weight excluding hydrogens is 206 g/mol. The number of nitrogens with two attached hydrogens (primary N) is 1. The molecule has 1 saturated carbocycles. The first kappa shape index (κ1) is 12.8. The van der Waals surface area contributed by atoms with Gasteiger partial charge in [-0.1, -0.05) is 32.3 Å². The summed E-state index contributed by atoms with van der Waals surface area (Å²) in [4.78, 5) is 11.9. The van der Waals surface area contributed by atoms with Crippen LogP contribution < -0.4 is 11.1 Å². The number of amides is 1. The average molecular weight is 227 g/mol. The third-order valence-electron chi connectivity index (χ3n) is 3.16. The number of hydrogen-bond donors (Lipinski definition) is 3. The minimum Gasteiger partial charge on any atom is -0.409 e. The molecule has 5 heteroatoms. The van der Waals surface area contributed by atoms with Crippen molar-refractivity contribution in [3.8, 4) is 0 Å². The van der Waals surface area contributed by atoms with Gasteiger partial charge in [-0.05, 0) is 18.3 Å². The second kappa shape index (κ2) is 5.18. The molecule has 0 radical (unpaired) electrons. The number of amidine groups is 1. The smallest absolute Gasteiger partial charge is 0.231 e. The van der Waals surface area contributed by atoms with E-state index in [1.165, 1.54) is 0 Å². The standard InChI is InChI=1S/C11H21N3O2/c1-4-7-5-8(7)13-11(15)9(6(2)3)10(12)14-16/h6-9,16H,4-5H2,1-3H3,(H2,12,14)(H,13,15). The number of carbonyl (C=O) groups is 1. The van der Waals surface area contributed by atoms with Crippen molar-refractivity contribution in [2.24, 2.45) is 28.6 Å². The van der Waals surface area contributed by atoms with Crippen LogP contribution in [0.15, 0.2) is 5.16 Å². The van der Waals surface area contributed by atoms with Crippen LogP contribution in [0.25, 0.3) is 0 Å². The van der Waals surface area contributed by atoms with Crippen LogP contribution in [-0.4, -0.2) is 23.0 Å². The van der Waals surface area contributed by atoms with Gasteiger partial charge < -0.3 is 16.3 Å². The summed E-state index contributed by atoms with van der Waals surface area (Å²) in [7, 11) is 0. The topological polar surface area (TPSA) is 87.7 Å². The van der Waals surface area contributed by atoms with Gasteiger partial charge in [0.1, 0.15) is 5.92 Å². The van der Waals surface area contributed by atoms with Gasteiger partial charge in [-0.3, -0.25) is 4.79 Å². The molecule has 92 valence electrons. The van der Waals surface area contributed by atoms with Crippen LogP contribution in [0.1, 0.15) is 33.6 Å². The molecule has 0 heterocycles. The lowest BCUT2D eigenvalue weighted by molar-refractivity contribution is -0.124. The van der Waals surface area contributed by atoms with Crippen molar-refractivity contribution in [2.45, 2.75) is 39.7 Å². The van der Waals surface area contributed by atoms with E-state index in [2.05, 4.69) is 17.4 Å². The molecule has 5 nitrogen and oxygen atoms in total. The molecule has 0 aromatic carbocycles. The number of carbonyl (C=O) groups excluding carboxylic acids is 1. The van der Waals surface area contributed by atoms with E-state index in [4.69, 9.17) is 10.9 Å². The quantitative estimate of drug-likeness (QED) is 0.282. The highest BCUT2D eigenvalue weighted by atomic mass is 16.4. The zero-order chi connectivity index (χ0) is 12.3. The summed E-state index contributed by atoms with van der Waals surface area (Å²) in [5, 5.41) is 14.5. The van der Waals surface area contributed by atoms with E-state index < -0.39 is 5.92 Å². The van der Waals surface area contributed by atoms with Gasteiger partial charge in [-0.15, -0.1) is 0 Å². The first-order valence-electron chi connectivity index (χ1n) is 5.79. The minimum absolute atomic E-state index is 0.0128. The van der Waals surface area contributed by atoms with Crippen molar-refractivity contribution in [1.29, 1.82) is 0 Å². The van der Waals surface area contributed by atoms with Gasteiger partial charge in [-0.2, -0.15) is 0 Å². The Kier molecular flexibility index (Phi) is 4.15. The maximum Gasteiger partial charge on any atom is 0.231 e. The van der Waals surface area contributed by atoms with Crippen molar-refractivity contribution < 1.29 is 10.0 Å². The fourth-order valence-corrected chi connectivity index (χ4v) is 1.99. The molecular formula is C11H21N3O2. The van der Waals surface area contributed by atoms with Crippen LogP contribution in [0.5, 0.6) is 0 Å². The Bertz CT molecular complexity index is 289. The number of hydrogen-bond acceptors (Lipinski definition) is 3. The SMILES string of the molecule is CCC1CC1NC(=O)C(C(N)=NO)C(C)C. The van der Waals surface area contributed by atoms with Gasteiger partial charge in [0, 0.05) is 6.04 Å². The Morgan fingerprint density at radius 1 is 1.62 bits per heavy atom. The van der Waals surface area contributed by atoms with E-state index in [1.54, 1.807) is 0 Å². The van der Waals surface area contributed by atoms with Crippen LogP contribution in [0.3, 0.4) is 0 Å². The van der Waals surface area contributed by atoms with Crippen molar-refractivity contribution >= 4 is 11.7 Å². The third kappa shape index (κ3) is 2.87. The molecule has 0 aliphatic heterocycles. The molecule has 0 spiro atoms. The predicted octanol–water partition coefficient (Wildman–Crippen LogP) is 0.920. The van der Waals surface area contributed by atoms with Crippen LogP contribution in [0, 0.1) is 17.8 Å². The average Bonchev–Trinajstić information content (AvgIpc) is 2.95. The highest BCUT2D eigenvalue weighted by molar-refractivity contribution is 6.02. The first-order valence-corrected chi connectivity index (χ1v) is 5.79. The van der Waals surface area contributed by atoms with Crippen LogP contribution in [0.2, 0.25) is 0 Å². The van der Waals surface area contributed by atoms with Crippen LogP contribution in [-0.2, 0) is 4.79 Å². The monoisotopic (exact) mass is 227 g/mol. The van der Waals surface area contributed by atoms with E-state index >= 15 is 0 Å². The molecule has 4 N–H and O–H groups in total. The Morgan fingerprint density at radius 2 is 2.25 bits per heavy atom. The first-order chi connectivity index (χ1) is 7.51. The van der Waals surface area contributed by atoms with Gasteiger partial charge >= 0.3 is 0 Å². The fourth-order valence-electron chi connectivity index (χ4n) is 1.99. The fraction of sp³-hybridized carbons (Fsp3) is 0.818. The zero-order valence-corrected chi connectivity index (χ0v) is 10.1. The second-order valence-electron chi connectivity index (χ2n) is 4.77. The Hall–Kier alpha value is -1.26. The van der Waals surface area contributed by atoms with Crippen molar-refractivity contribution in [3.05, 3.63) is 0 Å². The summed E-state index contributed by atoms with van der Waals surface area (Å²) < 4.78 is 0. The molecule has 1 amide bonds. The molecule has 1 aliphatic rings. The van der Waals surface area contributed by atoms with Crippen LogP contribution in [0.4, 0.5) is 0 Å². The second-order valence-corrected chi connectivity index (χ2v) is 4.77. The maximum absolute atomic E-state index is 11.9. The summed E-state index contributed by atoms with van der Waals surface area (Å²) in [6.07, 6.45) is 2.13. The lowest BCUT2D eigenvalue weighted by Gasteiger charge is -2.18. The number of oxime groups is 1. The summed E-state index contributed by atoms with van der Waals surface area (Å²) >= 11 is 0. The third-order valence-corrected chi connectivity index (χ3v) is 3.16. The van der Waals surface area contributed by atoms with E-state index in [9.17, 15) is 4.79 Å². The summed E-state index contributed by atoms with van der Waals surface area (Å²) in [5.41, 5.74) is 5.52. The van der Waals surface area contributed by atoms with Crippen molar-refractivity contribution in [3.63, 3.8) is 0 Å². The van der Waals surface area contributed by atoms with E-state index in [-0.39, 0.29) is 23.7 Å². The zero-order valence-electron chi connectivity index (χ0n) is 10.1. The highest BCUT2D eigenvalue weighted by Crippen LogP contribution is 2.33. The van der Waals surface area contributed by atoms with Gasteiger partial charge in [0.05, 0.1) is 0 Å². The number of nitrogens with one attached hydrogen (secondary N) is 1. The predicted molar refractivity (Wildman–Crippen MR) is 62.1 cm³/mol. The molecule has 1 aliphatic carbocycles. The normalized spacial score (nSPS) is 26.6. The lowest BCUT2D eigenvalue weighted by atomic mass is 9.94. The molecule has 0 saturated heterocycles. The van der Waals surface area contributed by atoms with E-state index in [1.807, 2.05) is 13.8 Å². The summed E-state index contributed by atoms with van der Waals surface area (Å²) in [6, 6.07) is 0.283. The molecule has 3 atom stereocenters. The summed E-state index contributed by atoms with van der Waals surface area (Å²) in [6.45, 7) is 5.87.